The molecule has 1 heterocycles. The van der Waals surface area contributed by atoms with Gasteiger partial charge in [0, 0.05) is 11.1 Å². The van der Waals surface area contributed by atoms with Gasteiger partial charge in [-0.05, 0) is 25.1 Å². The second-order valence-corrected chi connectivity index (χ2v) is 5.59. The lowest BCUT2D eigenvalue weighted by molar-refractivity contribution is 0.0932. The normalized spacial score (nSPS) is 11.7. The average Bonchev–Trinajstić information content (AvgIpc) is 3.18. The first kappa shape index (κ1) is 17.5. The van der Waals surface area contributed by atoms with Crippen molar-refractivity contribution in [2.24, 2.45) is 0 Å². The highest BCUT2D eigenvalue weighted by atomic mass is 16.5. The Labute approximate surface area is 150 Å². The third kappa shape index (κ3) is 3.66. The average molecular weight is 353 g/mol. The molecule has 26 heavy (non-hydrogen) atoms. The van der Waals surface area contributed by atoms with Crippen LogP contribution >= 0.6 is 0 Å². The molecule has 1 N–H and O–H groups in total. The van der Waals surface area contributed by atoms with E-state index in [0.29, 0.717) is 28.8 Å². The van der Waals surface area contributed by atoms with Crippen LogP contribution in [0.3, 0.4) is 0 Å². The van der Waals surface area contributed by atoms with Crippen LogP contribution in [0.15, 0.2) is 53.1 Å². The topological polar surface area (TPSA) is 86.5 Å². The van der Waals surface area contributed by atoms with E-state index in [2.05, 4.69) is 15.5 Å². The molecule has 0 saturated carbocycles. The highest BCUT2D eigenvalue weighted by molar-refractivity contribution is 5.95. The molecule has 1 amide bonds. The number of carbonyl (C=O) groups is 1. The Balaban J connectivity index is 1.73. The second kappa shape index (κ2) is 7.69. The Morgan fingerprint density at radius 1 is 1.08 bits per heavy atom. The van der Waals surface area contributed by atoms with Gasteiger partial charge in [0.25, 0.3) is 5.91 Å². The Bertz CT molecular complexity index is 893. The van der Waals surface area contributed by atoms with Crippen molar-refractivity contribution in [2.45, 2.75) is 13.0 Å². The van der Waals surface area contributed by atoms with E-state index in [4.69, 9.17) is 14.0 Å². The van der Waals surface area contributed by atoms with Crippen LogP contribution in [0.1, 0.15) is 29.2 Å². The minimum Gasteiger partial charge on any atom is -0.493 e. The van der Waals surface area contributed by atoms with Crippen LogP contribution in [0.25, 0.3) is 11.4 Å². The van der Waals surface area contributed by atoms with E-state index in [0.717, 1.165) is 5.56 Å². The molecule has 134 valence electrons. The van der Waals surface area contributed by atoms with Crippen LogP contribution in [0.4, 0.5) is 0 Å². The smallest absolute Gasteiger partial charge is 0.252 e. The van der Waals surface area contributed by atoms with Crippen molar-refractivity contribution in [1.82, 2.24) is 15.5 Å². The molecule has 1 aromatic heterocycles. The van der Waals surface area contributed by atoms with Crippen molar-refractivity contribution in [2.75, 3.05) is 14.2 Å². The summed E-state index contributed by atoms with van der Waals surface area (Å²) in [5.74, 6) is 1.57. The fraction of sp³-hybridized carbons (Fsp3) is 0.211. The molecule has 7 heteroatoms. The summed E-state index contributed by atoms with van der Waals surface area (Å²) in [4.78, 5) is 16.8. The summed E-state index contributed by atoms with van der Waals surface area (Å²) in [5, 5.41) is 6.80. The number of nitrogens with zero attached hydrogens (tertiary/aromatic N) is 2. The molecule has 1 atom stereocenters. The van der Waals surface area contributed by atoms with E-state index < -0.39 is 6.04 Å². The minimum absolute atomic E-state index is 0.280. The number of carbonyl (C=O) groups excluding carboxylic acids is 1. The van der Waals surface area contributed by atoms with Crippen molar-refractivity contribution < 1.29 is 18.8 Å². The fourth-order valence-electron chi connectivity index (χ4n) is 2.43. The quantitative estimate of drug-likeness (QED) is 0.732. The molecular formula is C19H19N3O4. The second-order valence-electron chi connectivity index (χ2n) is 5.59. The van der Waals surface area contributed by atoms with Gasteiger partial charge in [0.15, 0.2) is 11.5 Å². The van der Waals surface area contributed by atoms with Crippen LogP contribution in [0.2, 0.25) is 0 Å². The molecule has 0 aliphatic rings. The summed E-state index contributed by atoms with van der Waals surface area (Å²) in [6, 6.07) is 14.0. The number of amides is 1. The number of methoxy groups -OCH3 is 2. The van der Waals surface area contributed by atoms with Gasteiger partial charge in [-0.25, -0.2) is 0 Å². The monoisotopic (exact) mass is 353 g/mol. The van der Waals surface area contributed by atoms with Gasteiger partial charge in [0.2, 0.25) is 11.7 Å². The third-order valence-corrected chi connectivity index (χ3v) is 3.84. The van der Waals surface area contributed by atoms with E-state index >= 15 is 0 Å². The number of nitrogens with one attached hydrogen (secondary N) is 1. The Morgan fingerprint density at radius 3 is 2.50 bits per heavy atom. The predicted octanol–water partition coefficient (Wildman–Crippen LogP) is 3.24. The zero-order chi connectivity index (χ0) is 18.5. The molecule has 0 radical (unpaired) electrons. The van der Waals surface area contributed by atoms with Crippen LogP contribution < -0.4 is 14.8 Å². The van der Waals surface area contributed by atoms with Crippen LogP contribution in [0.5, 0.6) is 11.5 Å². The zero-order valence-electron chi connectivity index (χ0n) is 14.7. The summed E-state index contributed by atoms with van der Waals surface area (Å²) < 4.78 is 15.7. The van der Waals surface area contributed by atoms with Gasteiger partial charge in [-0.1, -0.05) is 35.5 Å². The minimum atomic E-state index is -0.444. The van der Waals surface area contributed by atoms with E-state index in [-0.39, 0.29) is 5.91 Å². The Hall–Kier alpha value is -3.35. The van der Waals surface area contributed by atoms with E-state index in [1.807, 2.05) is 30.3 Å². The summed E-state index contributed by atoms with van der Waals surface area (Å²) >= 11 is 0. The third-order valence-electron chi connectivity index (χ3n) is 3.84. The predicted molar refractivity (Wildman–Crippen MR) is 95.2 cm³/mol. The van der Waals surface area contributed by atoms with Crippen molar-refractivity contribution in [3.8, 4) is 22.9 Å². The first-order valence-electron chi connectivity index (χ1n) is 8.04. The summed E-state index contributed by atoms with van der Waals surface area (Å²) in [5.41, 5.74) is 1.29. The maximum atomic E-state index is 12.5. The summed E-state index contributed by atoms with van der Waals surface area (Å²) in [6.07, 6.45) is 0. The largest absolute Gasteiger partial charge is 0.493 e. The molecule has 3 rings (SSSR count). The van der Waals surface area contributed by atoms with E-state index in [1.165, 1.54) is 7.11 Å². The van der Waals surface area contributed by atoms with Gasteiger partial charge in [-0.15, -0.1) is 0 Å². The number of hydrogen-bond donors (Lipinski definition) is 1. The Morgan fingerprint density at radius 2 is 1.81 bits per heavy atom. The van der Waals surface area contributed by atoms with Gasteiger partial charge in [0.05, 0.1) is 14.2 Å². The highest BCUT2D eigenvalue weighted by Gasteiger charge is 2.19. The van der Waals surface area contributed by atoms with Crippen LogP contribution in [-0.2, 0) is 0 Å². The molecule has 1 unspecified atom stereocenters. The number of aromatic nitrogens is 2. The molecular weight excluding hydrogens is 334 g/mol. The van der Waals surface area contributed by atoms with E-state index in [1.54, 1.807) is 32.2 Å². The molecule has 0 fully saturated rings. The lowest BCUT2D eigenvalue weighted by Crippen LogP contribution is -2.26. The van der Waals surface area contributed by atoms with Crippen molar-refractivity contribution in [3.05, 3.63) is 60.0 Å². The van der Waals surface area contributed by atoms with Gasteiger partial charge < -0.3 is 19.3 Å². The summed E-state index contributed by atoms with van der Waals surface area (Å²) in [6.45, 7) is 1.78. The van der Waals surface area contributed by atoms with Gasteiger partial charge in [-0.3, -0.25) is 4.79 Å². The van der Waals surface area contributed by atoms with Gasteiger partial charge >= 0.3 is 0 Å². The Kier molecular flexibility index (Phi) is 5.17. The van der Waals surface area contributed by atoms with Crippen molar-refractivity contribution in [1.29, 1.82) is 0 Å². The first-order chi connectivity index (χ1) is 12.6. The number of rotatable bonds is 6. The molecule has 0 saturated heterocycles. The van der Waals surface area contributed by atoms with E-state index in [9.17, 15) is 4.79 Å². The van der Waals surface area contributed by atoms with Gasteiger partial charge in [-0.2, -0.15) is 4.98 Å². The maximum absolute atomic E-state index is 12.5. The maximum Gasteiger partial charge on any atom is 0.252 e. The lowest BCUT2D eigenvalue weighted by Gasteiger charge is -2.12. The molecule has 0 spiro atoms. The molecule has 3 aromatic rings. The molecule has 0 aliphatic carbocycles. The van der Waals surface area contributed by atoms with Crippen LogP contribution in [0, 0.1) is 0 Å². The molecule has 0 bridgehead atoms. The molecule has 0 aliphatic heterocycles. The lowest BCUT2D eigenvalue weighted by atomic mass is 10.1. The number of ether oxygens (including phenoxy) is 2. The van der Waals surface area contributed by atoms with Gasteiger partial charge in [0.1, 0.15) is 6.04 Å². The standard InChI is InChI=1S/C19H19N3O4/c1-12(19-21-17(22-26-19)13-7-5-4-6-8-13)20-18(23)14-9-10-15(24-2)16(11-14)25-3/h4-12H,1-3H3,(H,20,23). The molecule has 7 nitrogen and oxygen atoms in total. The number of hydrogen-bond acceptors (Lipinski definition) is 6. The molecule has 2 aromatic carbocycles. The first-order valence-corrected chi connectivity index (χ1v) is 8.04. The highest BCUT2D eigenvalue weighted by Crippen LogP contribution is 2.27. The summed E-state index contributed by atoms with van der Waals surface area (Å²) in [7, 11) is 3.06. The zero-order valence-corrected chi connectivity index (χ0v) is 14.7. The van der Waals surface area contributed by atoms with Crippen LogP contribution in [-0.4, -0.2) is 30.3 Å². The number of benzene rings is 2. The van der Waals surface area contributed by atoms with Crippen molar-refractivity contribution in [3.63, 3.8) is 0 Å². The fourth-order valence-corrected chi connectivity index (χ4v) is 2.43. The van der Waals surface area contributed by atoms with Crippen molar-refractivity contribution >= 4 is 5.91 Å². The SMILES string of the molecule is COc1ccc(C(=O)NC(C)c2nc(-c3ccccc3)no2)cc1OC.